The fraction of sp³-hybridized carbons (Fsp3) is 0.812. The van der Waals surface area contributed by atoms with E-state index in [4.69, 9.17) is 5.10 Å². The smallest absolute Gasteiger partial charge is 0.0629 e. The molecule has 1 N–H and O–H groups in total. The van der Waals surface area contributed by atoms with Crippen molar-refractivity contribution in [2.45, 2.75) is 71.8 Å². The Morgan fingerprint density at radius 2 is 1.84 bits per heavy atom. The second-order valence-electron chi connectivity index (χ2n) is 5.84. The van der Waals surface area contributed by atoms with Gasteiger partial charge in [0.1, 0.15) is 0 Å². The molecule has 1 aromatic heterocycles. The predicted octanol–water partition coefficient (Wildman–Crippen LogP) is 3.55. The summed E-state index contributed by atoms with van der Waals surface area (Å²) in [5.74, 6) is 0. The van der Waals surface area contributed by atoms with Gasteiger partial charge >= 0.3 is 0 Å². The summed E-state index contributed by atoms with van der Waals surface area (Å²) in [6.45, 7) is 8.70. The number of aromatic nitrogens is 2. The van der Waals surface area contributed by atoms with E-state index in [9.17, 15) is 0 Å². The average Bonchev–Trinajstić information content (AvgIpc) is 2.63. The maximum atomic E-state index is 4.84. The van der Waals surface area contributed by atoms with Crippen molar-refractivity contribution in [2.24, 2.45) is 0 Å². The summed E-state index contributed by atoms with van der Waals surface area (Å²) in [5.41, 5.74) is 4.10. The number of rotatable bonds is 5. The molecule has 0 radical (unpaired) electrons. The zero-order valence-electron chi connectivity index (χ0n) is 12.8. The first-order valence-corrected chi connectivity index (χ1v) is 7.99. The zero-order valence-corrected chi connectivity index (χ0v) is 12.8. The molecule has 0 unspecified atom stereocenters. The van der Waals surface area contributed by atoms with Crippen LogP contribution in [0.4, 0.5) is 0 Å². The number of likely N-dealkylation sites (N-methyl/N-ethyl adjacent to an activating group) is 1. The van der Waals surface area contributed by atoms with Crippen molar-refractivity contribution >= 4 is 0 Å². The maximum absolute atomic E-state index is 4.84. The zero-order chi connectivity index (χ0) is 13.7. The highest BCUT2D eigenvalue weighted by Crippen LogP contribution is 2.29. The van der Waals surface area contributed by atoms with E-state index in [0.29, 0.717) is 6.04 Å². The van der Waals surface area contributed by atoms with E-state index < -0.39 is 0 Å². The van der Waals surface area contributed by atoms with Crippen LogP contribution in [0.3, 0.4) is 0 Å². The van der Waals surface area contributed by atoms with E-state index >= 15 is 0 Å². The van der Waals surface area contributed by atoms with Gasteiger partial charge in [0.05, 0.1) is 11.7 Å². The fourth-order valence-electron chi connectivity index (χ4n) is 3.31. The molecule has 0 atom stereocenters. The molecule has 108 valence electrons. The largest absolute Gasteiger partial charge is 0.317 e. The van der Waals surface area contributed by atoms with Crippen LogP contribution in [0.25, 0.3) is 0 Å². The van der Waals surface area contributed by atoms with Gasteiger partial charge in [0.25, 0.3) is 0 Å². The van der Waals surface area contributed by atoms with Gasteiger partial charge in [0.2, 0.25) is 0 Å². The van der Waals surface area contributed by atoms with Crippen LogP contribution in [-0.4, -0.2) is 22.9 Å². The summed E-state index contributed by atoms with van der Waals surface area (Å²) in [5, 5.41) is 8.26. The number of aryl methyl sites for hydroxylation is 1. The summed E-state index contributed by atoms with van der Waals surface area (Å²) in [6.07, 6.45) is 9.29. The molecule has 1 aromatic rings. The van der Waals surface area contributed by atoms with Gasteiger partial charge in [-0.15, -0.1) is 0 Å². The molecule has 1 fully saturated rings. The van der Waals surface area contributed by atoms with Gasteiger partial charge in [-0.3, -0.25) is 4.68 Å². The van der Waals surface area contributed by atoms with Crippen molar-refractivity contribution in [3.63, 3.8) is 0 Å². The molecule has 0 saturated heterocycles. The lowest BCUT2D eigenvalue weighted by Gasteiger charge is -2.17. The Balaban J connectivity index is 2.10. The molecular weight excluding hydrogens is 234 g/mol. The molecule has 1 aliphatic carbocycles. The molecule has 19 heavy (non-hydrogen) atoms. The van der Waals surface area contributed by atoms with Crippen molar-refractivity contribution in [3.8, 4) is 0 Å². The van der Waals surface area contributed by atoms with Crippen LogP contribution in [0, 0.1) is 13.8 Å². The van der Waals surface area contributed by atoms with Crippen LogP contribution in [-0.2, 0) is 6.42 Å². The molecule has 1 heterocycles. The lowest BCUT2D eigenvalue weighted by molar-refractivity contribution is 0.396. The lowest BCUT2D eigenvalue weighted by atomic mass is 10.1. The highest BCUT2D eigenvalue weighted by atomic mass is 15.3. The Bertz CT molecular complexity index is 387. The van der Waals surface area contributed by atoms with Crippen molar-refractivity contribution in [3.05, 3.63) is 17.0 Å². The first-order chi connectivity index (χ1) is 9.24. The summed E-state index contributed by atoms with van der Waals surface area (Å²) in [6, 6.07) is 0.647. The summed E-state index contributed by atoms with van der Waals surface area (Å²) < 4.78 is 2.34. The Hall–Kier alpha value is -0.830. The van der Waals surface area contributed by atoms with Gasteiger partial charge in [-0.05, 0) is 51.8 Å². The molecule has 1 aliphatic rings. The average molecular weight is 263 g/mol. The molecule has 0 spiro atoms. The summed E-state index contributed by atoms with van der Waals surface area (Å²) >= 11 is 0. The van der Waals surface area contributed by atoms with E-state index in [-0.39, 0.29) is 0 Å². The SMILES string of the molecule is CCNCCc1c(C)nn(C2CCCCCC2)c1C. The molecule has 0 amide bonds. The molecule has 1 saturated carbocycles. The van der Waals surface area contributed by atoms with Crippen molar-refractivity contribution in [1.29, 1.82) is 0 Å². The van der Waals surface area contributed by atoms with E-state index in [2.05, 4.69) is 30.8 Å². The van der Waals surface area contributed by atoms with Crippen molar-refractivity contribution in [2.75, 3.05) is 13.1 Å². The molecule has 0 aromatic carbocycles. The molecule has 2 rings (SSSR count). The molecule has 0 aliphatic heterocycles. The van der Waals surface area contributed by atoms with Crippen molar-refractivity contribution < 1.29 is 0 Å². The number of nitrogens with one attached hydrogen (secondary N) is 1. The van der Waals surface area contributed by atoms with Gasteiger partial charge in [0.15, 0.2) is 0 Å². The Morgan fingerprint density at radius 3 is 2.47 bits per heavy atom. The second kappa shape index (κ2) is 7.09. The molecule has 0 bridgehead atoms. The van der Waals surface area contributed by atoms with Gasteiger partial charge < -0.3 is 5.32 Å². The minimum absolute atomic E-state index is 0.647. The van der Waals surface area contributed by atoms with Crippen LogP contribution in [0.2, 0.25) is 0 Å². The third-order valence-electron chi connectivity index (χ3n) is 4.45. The molecule has 3 nitrogen and oxygen atoms in total. The van der Waals surface area contributed by atoms with E-state index in [0.717, 1.165) is 19.5 Å². The fourth-order valence-corrected chi connectivity index (χ4v) is 3.31. The third kappa shape index (κ3) is 3.59. The summed E-state index contributed by atoms with van der Waals surface area (Å²) in [4.78, 5) is 0. The normalized spacial score (nSPS) is 17.6. The highest BCUT2D eigenvalue weighted by Gasteiger charge is 2.19. The van der Waals surface area contributed by atoms with Crippen LogP contribution >= 0.6 is 0 Å². The van der Waals surface area contributed by atoms with E-state index in [1.807, 2.05) is 0 Å². The van der Waals surface area contributed by atoms with Gasteiger partial charge in [-0.2, -0.15) is 5.10 Å². The Morgan fingerprint density at radius 1 is 1.16 bits per heavy atom. The van der Waals surface area contributed by atoms with Gasteiger partial charge in [-0.1, -0.05) is 32.6 Å². The lowest BCUT2D eigenvalue weighted by Crippen LogP contribution is -2.17. The quantitative estimate of drug-likeness (QED) is 0.650. The Labute approximate surface area is 117 Å². The first-order valence-electron chi connectivity index (χ1n) is 7.99. The van der Waals surface area contributed by atoms with Crippen LogP contribution < -0.4 is 5.32 Å². The van der Waals surface area contributed by atoms with E-state index in [1.54, 1.807) is 0 Å². The van der Waals surface area contributed by atoms with Crippen LogP contribution in [0.5, 0.6) is 0 Å². The predicted molar refractivity (Wildman–Crippen MR) is 80.7 cm³/mol. The van der Waals surface area contributed by atoms with E-state index in [1.165, 1.54) is 55.5 Å². The molecular formula is C16H29N3. The Kier molecular flexibility index (Phi) is 5.44. The molecule has 3 heteroatoms. The second-order valence-corrected chi connectivity index (χ2v) is 5.84. The number of hydrogen-bond acceptors (Lipinski definition) is 2. The van der Waals surface area contributed by atoms with Crippen LogP contribution in [0.1, 0.15) is 68.4 Å². The van der Waals surface area contributed by atoms with Crippen LogP contribution in [0.15, 0.2) is 0 Å². The van der Waals surface area contributed by atoms with Crippen molar-refractivity contribution in [1.82, 2.24) is 15.1 Å². The first kappa shape index (κ1) is 14.6. The monoisotopic (exact) mass is 263 g/mol. The standard InChI is InChI=1S/C16H29N3/c1-4-17-12-11-16-13(2)18-19(14(16)3)15-9-7-5-6-8-10-15/h15,17H,4-12H2,1-3H3. The minimum Gasteiger partial charge on any atom is -0.317 e. The summed E-state index contributed by atoms with van der Waals surface area (Å²) in [7, 11) is 0. The van der Waals surface area contributed by atoms with Gasteiger partial charge in [0, 0.05) is 5.69 Å². The topological polar surface area (TPSA) is 29.9 Å². The number of hydrogen-bond donors (Lipinski definition) is 1. The number of nitrogens with zero attached hydrogens (tertiary/aromatic N) is 2. The minimum atomic E-state index is 0.647. The van der Waals surface area contributed by atoms with Gasteiger partial charge in [-0.25, -0.2) is 0 Å². The maximum Gasteiger partial charge on any atom is 0.0629 e. The highest BCUT2D eigenvalue weighted by molar-refractivity contribution is 5.25. The third-order valence-corrected chi connectivity index (χ3v) is 4.45.